The highest BCUT2D eigenvalue weighted by atomic mass is 16.2. The molecule has 0 radical (unpaired) electrons. The molecule has 0 unspecified atom stereocenters. The van der Waals surface area contributed by atoms with Gasteiger partial charge in [-0.25, -0.2) is 4.79 Å². The minimum atomic E-state index is 0.132. The van der Waals surface area contributed by atoms with E-state index in [2.05, 4.69) is 17.6 Å². The first-order valence-electron chi connectivity index (χ1n) is 6.08. The van der Waals surface area contributed by atoms with Gasteiger partial charge in [-0.3, -0.25) is 0 Å². The van der Waals surface area contributed by atoms with Crippen LogP contribution in [0.1, 0.15) is 26.2 Å². The Morgan fingerprint density at radius 2 is 2.40 bits per heavy atom. The van der Waals surface area contributed by atoms with Gasteiger partial charge in [0, 0.05) is 25.7 Å². The summed E-state index contributed by atoms with van der Waals surface area (Å²) in [5.41, 5.74) is 0. The normalized spacial score (nSPS) is 30.1. The zero-order valence-electron chi connectivity index (χ0n) is 9.46. The number of nitrogens with one attached hydrogen (secondary N) is 2. The number of urea groups is 1. The van der Waals surface area contributed by atoms with Crippen molar-refractivity contribution < 1.29 is 4.79 Å². The number of amides is 2. The van der Waals surface area contributed by atoms with Crippen LogP contribution in [0.2, 0.25) is 0 Å². The summed E-state index contributed by atoms with van der Waals surface area (Å²) in [5.74, 6) is 0.735. The second-order valence-electron chi connectivity index (χ2n) is 4.53. The maximum atomic E-state index is 11.8. The van der Waals surface area contributed by atoms with Crippen molar-refractivity contribution in [3.05, 3.63) is 0 Å². The Morgan fingerprint density at radius 3 is 3.20 bits per heavy atom. The molecule has 4 heteroatoms. The molecule has 2 aliphatic rings. The van der Waals surface area contributed by atoms with Gasteiger partial charge in [0.2, 0.25) is 0 Å². The molecule has 4 nitrogen and oxygen atoms in total. The first kappa shape index (κ1) is 10.7. The molecule has 0 bridgehead atoms. The van der Waals surface area contributed by atoms with Crippen LogP contribution in [-0.4, -0.2) is 43.2 Å². The number of hydrogen-bond donors (Lipinski definition) is 2. The number of carbonyl (C=O) groups is 1. The molecule has 2 amide bonds. The third-order valence-corrected chi connectivity index (χ3v) is 3.52. The molecule has 0 aliphatic carbocycles. The predicted molar refractivity (Wildman–Crippen MR) is 59.8 cm³/mol. The van der Waals surface area contributed by atoms with Gasteiger partial charge < -0.3 is 15.5 Å². The van der Waals surface area contributed by atoms with Crippen LogP contribution in [-0.2, 0) is 0 Å². The molecular formula is C11H21N3O. The fraction of sp³-hybridized carbons (Fsp3) is 0.909. The van der Waals surface area contributed by atoms with Crippen molar-refractivity contribution in [1.82, 2.24) is 15.5 Å². The number of fused-ring (bicyclic) bond motifs is 1. The van der Waals surface area contributed by atoms with Crippen LogP contribution in [0.5, 0.6) is 0 Å². The Balaban J connectivity index is 1.89. The molecule has 2 N–H and O–H groups in total. The summed E-state index contributed by atoms with van der Waals surface area (Å²) in [4.78, 5) is 13.9. The predicted octanol–water partition coefficient (Wildman–Crippen LogP) is 0.790. The molecule has 0 aromatic carbocycles. The minimum absolute atomic E-state index is 0.132. The van der Waals surface area contributed by atoms with Gasteiger partial charge in [0.1, 0.15) is 0 Å². The summed E-state index contributed by atoms with van der Waals surface area (Å²) < 4.78 is 0. The minimum Gasteiger partial charge on any atom is -0.338 e. The van der Waals surface area contributed by atoms with Crippen LogP contribution < -0.4 is 10.6 Å². The summed E-state index contributed by atoms with van der Waals surface area (Å²) in [5, 5.41) is 6.34. The summed E-state index contributed by atoms with van der Waals surface area (Å²) in [6.45, 7) is 5.90. The van der Waals surface area contributed by atoms with Gasteiger partial charge in [-0.15, -0.1) is 0 Å². The van der Waals surface area contributed by atoms with Crippen LogP contribution in [0.3, 0.4) is 0 Å². The van der Waals surface area contributed by atoms with E-state index in [1.165, 1.54) is 12.8 Å². The lowest BCUT2D eigenvalue weighted by molar-refractivity contribution is 0.175. The van der Waals surface area contributed by atoms with E-state index in [-0.39, 0.29) is 6.03 Å². The number of likely N-dealkylation sites (tertiary alicyclic amines) is 1. The van der Waals surface area contributed by atoms with E-state index in [4.69, 9.17) is 0 Å². The van der Waals surface area contributed by atoms with E-state index in [9.17, 15) is 4.79 Å². The average Bonchev–Trinajstić information content (AvgIpc) is 2.69. The Morgan fingerprint density at radius 1 is 1.53 bits per heavy atom. The molecule has 2 rings (SSSR count). The molecular weight excluding hydrogens is 190 g/mol. The van der Waals surface area contributed by atoms with Gasteiger partial charge in [0.25, 0.3) is 0 Å². The lowest BCUT2D eigenvalue weighted by Crippen LogP contribution is -2.51. The lowest BCUT2D eigenvalue weighted by Gasteiger charge is -2.32. The van der Waals surface area contributed by atoms with Gasteiger partial charge in [0.05, 0.1) is 0 Å². The number of carbonyl (C=O) groups excluding carboxylic acids is 1. The van der Waals surface area contributed by atoms with Gasteiger partial charge in [-0.05, 0) is 31.7 Å². The summed E-state index contributed by atoms with van der Waals surface area (Å²) in [7, 11) is 0. The van der Waals surface area contributed by atoms with Crippen LogP contribution in [0, 0.1) is 5.92 Å². The summed E-state index contributed by atoms with van der Waals surface area (Å²) in [6.07, 6.45) is 3.42. The van der Waals surface area contributed by atoms with E-state index >= 15 is 0 Å². The van der Waals surface area contributed by atoms with Crippen LogP contribution in [0.4, 0.5) is 4.79 Å². The number of hydrogen-bond acceptors (Lipinski definition) is 2. The molecule has 2 heterocycles. The number of nitrogens with zero attached hydrogens (tertiary/aromatic N) is 1. The second-order valence-corrected chi connectivity index (χ2v) is 4.53. The highest BCUT2D eigenvalue weighted by molar-refractivity contribution is 5.75. The summed E-state index contributed by atoms with van der Waals surface area (Å²) >= 11 is 0. The van der Waals surface area contributed by atoms with Crippen LogP contribution >= 0.6 is 0 Å². The van der Waals surface area contributed by atoms with E-state index in [1.54, 1.807) is 0 Å². The first-order valence-corrected chi connectivity index (χ1v) is 6.08. The van der Waals surface area contributed by atoms with Crippen LogP contribution in [0.25, 0.3) is 0 Å². The van der Waals surface area contributed by atoms with Crippen LogP contribution in [0.15, 0.2) is 0 Å². The van der Waals surface area contributed by atoms with Crippen molar-refractivity contribution in [2.45, 2.75) is 32.2 Å². The van der Waals surface area contributed by atoms with Crippen molar-refractivity contribution >= 4 is 6.03 Å². The third-order valence-electron chi connectivity index (χ3n) is 3.52. The zero-order chi connectivity index (χ0) is 10.7. The molecule has 0 saturated carbocycles. The Kier molecular flexibility index (Phi) is 3.46. The average molecular weight is 211 g/mol. The molecule has 0 spiro atoms. The molecule has 86 valence electrons. The fourth-order valence-electron chi connectivity index (χ4n) is 2.65. The largest absolute Gasteiger partial charge is 0.338 e. The quantitative estimate of drug-likeness (QED) is 0.709. The van der Waals surface area contributed by atoms with Gasteiger partial charge >= 0.3 is 6.03 Å². The van der Waals surface area contributed by atoms with E-state index in [0.29, 0.717) is 6.04 Å². The molecule has 2 saturated heterocycles. The number of rotatable bonds is 2. The zero-order valence-corrected chi connectivity index (χ0v) is 9.46. The maximum absolute atomic E-state index is 11.8. The molecule has 0 aromatic rings. The van der Waals surface area contributed by atoms with Crippen molar-refractivity contribution in [3.63, 3.8) is 0 Å². The van der Waals surface area contributed by atoms with Gasteiger partial charge in [0.15, 0.2) is 0 Å². The van der Waals surface area contributed by atoms with E-state index in [0.717, 1.165) is 38.5 Å². The standard InChI is InChI=1S/C11H21N3O/c1-2-5-13-11(15)14-7-4-9-3-6-12-8-10(9)14/h9-10,12H,2-8H2,1H3,(H,13,15)/t9-,10-/m0/s1. The van der Waals surface area contributed by atoms with Gasteiger partial charge in [-0.2, -0.15) is 0 Å². The molecule has 2 atom stereocenters. The molecule has 0 aromatic heterocycles. The maximum Gasteiger partial charge on any atom is 0.317 e. The third kappa shape index (κ3) is 2.25. The molecule has 2 aliphatic heterocycles. The first-order chi connectivity index (χ1) is 7.33. The Hall–Kier alpha value is -0.770. The summed E-state index contributed by atoms with van der Waals surface area (Å²) in [6, 6.07) is 0.573. The lowest BCUT2D eigenvalue weighted by atomic mass is 9.93. The van der Waals surface area contributed by atoms with Crippen molar-refractivity contribution in [1.29, 1.82) is 0 Å². The highest BCUT2D eigenvalue weighted by Crippen LogP contribution is 2.28. The SMILES string of the molecule is CCCNC(=O)N1CC[C@@H]2CCNC[C@@H]21. The van der Waals surface area contributed by atoms with Crippen molar-refractivity contribution in [2.24, 2.45) is 5.92 Å². The van der Waals surface area contributed by atoms with E-state index in [1.807, 2.05) is 4.90 Å². The fourth-order valence-corrected chi connectivity index (χ4v) is 2.65. The topological polar surface area (TPSA) is 44.4 Å². The Bertz CT molecular complexity index is 232. The van der Waals surface area contributed by atoms with Gasteiger partial charge in [-0.1, -0.05) is 6.92 Å². The second kappa shape index (κ2) is 4.84. The smallest absolute Gasteiger partial charge is 0.317 e. The Labute approximate surface area is 91.4 Å². The molecule has 2 fully saturated rings. The number of piperidine rings is 1. The van der Waals surface area contributed by atoms with Crippen molar-refractivity contribution in [2.75, 3.05) is 26.2 Å². The monoisotopic (exact) mass is 211 g/mol. The van der Waals surface area contributed by atoms with Crippen molar-refractivity contribution in [3.8, 4) is 0 Å². The highest BCUT2D eigenvalue weighted by Gasteiger charge is 2.37. The van der Waals surface area contributed by atoms with E-state index < -0.39 is 0 Å². The molecule has 15 heavy (non-hydrogen) atoms.